The number of carbonyl (C=O) groups is 3. The molecule has 6 nitrogen and oxygen atoms in total. The fourth-order valence-electron chi connectivity index (χ4n) is 3.94. The molecule has 1 saturated heterocycles. The molecule has 2 aromatic rings. The molecule has 0 spiro atoms. The first kappa shape index (κ1) is 20.6. The highest BCUT2D eigenvalue weighted by molar-refractivity contribution is 6.10. The number of urea groups is 1. The maximum atomic E-state index is 13.2. The number of imide groups is 1. The Morgan fingerprint density at radius 1 is 1.07 bits per heavy atom. The van der Waals surface area contributed by atoms with Gasteiger partial charge >= 0.3 is 6.03 Å². The zero-order chi connectivity index (χ0) is 21.2. The van der Waals surface area contributed by atoms with Gasteiger partial charge in [0.1, 0.15) is 12.1 Å². The molecular formula is C23H27N3O3. The summed E-state index contributed by atoms with van der Waals surface area (Å²) in [6, 6.07) is 14.5. The third-order valence-electron chi connectivity index (χ3n) is 5.53. The van der Waals surface area contributed by atoms with E-state index in [0.717, 1.165) is 27.3 Å². The van der Waals surface area contributed by atoms with Gasteiger partial charge in [-0.15, -0.1) is 0 Å². The monoisotopic (exact) mass is 393 g/mol. The van der Waals surface area contributed by atoms with Crippen molar-refractivity contribution in [3.63, 3.8) is 0 Å². The number of rotatable bonds is 6. The van der Waals surface area contributed by atoms with Crippen LogP contribution in [0, 0.1) is 13.8 Å². The van der Waals surface area contributed by atoms with E-state index < -0.39 is 11.6 Å². The molecule has 4 amide bonds. The van der Waals surface area contributed by atoms with Crippen molar-refractivity contribution >= 4 is 23.5 Å². The van der Waals surface area contributed by atoms with E-state index in [2.05, 4.69) is 5.32 Å². The van der Waals surface area contributed by atoms with Gasteiger partial charge in [-0.1, -0.05) is 55.0 Å². The second-order valence-electron chi connectivity index (χ2n) is 7.37. The number of carbonyl (C=O) groups excluding carboxylic acids is 3. The highest BCUT2D eigenvalue weighted by Crippen LogP contribution is 2.32. The van der Waals surface area contributed by atoms with Crippen molar-refractivity contribution in [3.05, 3.63) is 65.2 Å². The fraction of sp³-hybridized carbons (Fsp3) is 0.348. The number of nitrogens with zero attached hydrogens (tertiary/aromatic N) is 2. The molecule has 1 aliphatic heterocycles. The number of anilines is 1. The quantitative estimate of drug-likeness (QED) is 0.764. The number of hydrogen-bond acceptors (Lipinski definition) is 3. The summed E-state index contributed by atoms with van der Waals surface area (Å²) < 4.78 is 0. The SMILES string of the molecule is CCN(C(=O)CN1C(=O)NC(CC)(c2ccccc2)C1=O)c1ccc(C)cc1C. The van der Waals surface area contributed by atoms with Crippen LogP contribution < -0.4 is 10.2 Å². The van der Waals surface area contributed by atoms with Crippen LogP contribution in [0.1, 0.15) is 37.0 Å². The molecule has 152 valence electrons. The molecular weight excluding hydrogens is 366 g/mol. The average molecular weight is 393 g/mol. The minimum atomic E-state index is -1.13. The summed E-state index contributed by atoms with van der Waals surface area (Å²) in [5.74, 6) is -0.677. The molecule has 1 aliphatic rings. The van der Waals surface area contributed by atoms with Crippen molar-refractivity contribution in [3.8, 4) is 0 Å². The molecule has 0 radical (unpaired) electrons. The maximum absolute atomic E-state index is 13.2. The summed E-state index contributed by atoms with van der Waals surface area (Å²) in [7, 11) is 0. The zero-order valence-corrected chi connectivity index (χ0v) is 17.4. The van der Waals surface area contributed by atoms with Crippen molar-refractivity contribution < 1.29 is 14.4 Å². The van der Waals surface area contributed by atoms with Crippen molar-refractivity contribution in [1.82, 2.24) is 10.2 Å². The van der Waals surface area contributed by atoms with Gasteiger partial charge < -0.3 is 10.2 Å². The Kier molecular flexibility index (Phi) is 5.73. The normalized spacial score (nSPS) is 18.7. The van der Waals surface area contributed by atoms with Crippen LogP contribution in [0.4, 0.5) is 10.5 Å². The van der Waals surface area contributed by atoms with Crippen molar-refractivity contribution in [2.45, 2.75) is 39.7 Å². The maximum Gasteiger partial charge on any atom is 0.325 e. The van der Waals surface area contributed by atoms with E-state index >= 15 is 0 Å². The van der Waals surface area contributed by atoms with E-state index in [9.17, 15) is 14.4 Å². The Balaban J connectivity index is 1.86. The number of benzene rings is 2. The van der Waals surface area contributed by atoms with Gasteiger partial charge in [0.2, 0.25) is 5.91 Å². The topological polar surface area (TPSA) is 69.7 Å². The Morgan fingerprint density at radius 2 is 1.76 bits per heavy atom. The first-order chi connectivity index (χ1) is 13.8. The Bertz CT molecular complexity index is 942. The smallest absolute Gasteiger partial charge is 0.319 e. The van der Waals surface area contributed by atoms with Gasteiger partial charge in [-0.2, -0.15) is 0 Å². The van der Waals surface area contributed by atoms with E-state index in [1.165, 1.54) is 0 Å². The minimum Gasteiger partial charge on any atom is -0.319 e. The second kappa shape index (κ2) is 8.07. The summed E-state index contributed by atoms with van der Waals surface area (Å²) in [4.78, 5) is 41.6. The molecule has 0 aromatic heterocycles. The van der Waals surface area contributed by atoms with Gasteiger partial charge in [-0.25, -0.2) is 4.79 Å². The van der Waals surface area contributed by atoms with Crippen LogP contribution in [0.3, 0.4) is 0 Å². The molecule has 1 atom stereocenters. The van der Waals surface area contributed by atoms with E-state index in [-0.39, 0.29) is 18.4 Å². The minimum absolute atomic E-state index is 0.289. The molecule has 29 heavy (non-hydrogen) atoms. The van der Waals surface area contributed by atoms with E-state index in [0.29, 0.717) is 13.0 Å². The Morgan fingerprint density at radius 3 is 2.34 bits per heavy atom. The average Bonchev–Trinajstić information content (AvgIpc) is 2.96. The number of likely N-dealkylation sites (N-methyl/N-ethyl adjacent to an activating group) is 1. The van der Waals surface area contributed by atoms with E-state index in [4.69, 9.17) is 0 Å². The van der Waals surface area contributed by atoms with Crippen LogP contribution in [0.25, 0.3) is 0 Å². The third-order valence-corrected chi connectivity index (χ3v) is 5.53. The lowest BCUT2D eigenvalue weighted by molar-refractivity contribution is -0.134. The highest BCUT2D eigenvalue weighted by atomic mass is 16.2. The van der Waals surface area contributed by atoms with Gasteiger partial charge in [-0.3, -0.25) is 14.5 Å². The lowest BCUT2D eigenvalue weighted by atomic mass is 9.87. The van der Waals surface area contributed by atoms with Gasteiger partial charge in [0.05, 0.1) is 0 Å². The molecule has 2 aromatic carbocycles. The molecule has 6 heteroatoms. The largest absolute Gasteiger partial charge is 0.325 e. The summed E-state index contributed by atoms with van der Waals surface area (Å²) in [5.41, 5.74) is 2.47. The molecule has 3 rings (SSSR count). The summed E-state index contributed by atoms with van der Waals surface area (Å²) in [6.07, 6.45) is 0.404. The van der Waals surface area contributed by atoms with Gasteiger partial charge in [0.25, 0.3) is 5.91 Å². The lowest BCUT2D eigenvalue weighted by Crippen LogP contribution is -2.45. The zero-order valence-electron chi connectivity index (χ0n) is 17.4. The van der Waals surface area contributed by atoms with E-state index in [1.54, 1.807) is 4.90 Å². The van der Waals surface area contributed by atoms with Crippen molar-refractivity contribution in [2.24, 2.45) is 0 Å². The standard InChI is InChI=1S/C23H27N3O3/c1-5-23(18-10-8-7-9-11-18)21(28)26(22(29)24-23)15-20(27)25(6-2)19-13-12-16(3)14-17(19)4/h7-14H,5-6,15H2,1-4H3,(H,24,29). The van der Waals surface area contributed by atoms with Crippen LogP contribution in [-0.2, 0) is 15.1 Å². The van der Waals surface area contributed by atoms with Gasteiger partial charge in [0.15, 0.2) is 0 Å². The van der Waals surface area contributed by atoms with Gasteiger partial charge in [0, 0.05) is 12.2 Å². The number of amides is 4. The predicted molar refractivity (Wildman–Crippen MR) is 113 cm³/mol. The van der Waals surface area contributed by atoms with Crippen LogP contribution >= 0.6 is 0 Å². The van der Waals surface area contributed by atoms with Crippen LogP contribution in [0.5, 0.6) is 0 Å². The predicted octanol–water partition coefficient (Wildman–Crippen LogP) is 3.51. The molecule has 0 aliphatic carbocycles. The number of hydrogen-bond donors (Lipinski definition) is 1. The molecule has 1 heterocycles. The molecule has 0 saturated carbocycles. The Hall–Kier alpha value is -3.15. The molecule has 0 bridgehead atoms. The first-order valence-electron chi connectivity index (χ1n) is 9.91. The van der Waals surface area contributed by atoms with E-state index in [1.807, 2.05) is 76.2 Å². The Labute approximate surface area is 171 Å². The fourth-order valence-corrected chi connectivity index (χ4v) is 3.94. The summed E-state index contributed by atoms with van der Waals surface area (Å²) in [5, 5.41) is 2.82. The third kappa shape index (κ3) is 3.62. The number of nitrogens with one attached hydrogen (secondary N) is 1. The number of aryl methyl sites for hydroxylation is 2. The highest BCUT2D eigenvalue weighted by Gasteiger charge is 2.51. The lowest BCUT2D eigenvalue weighted by Gasteiger charge is -2.27. The molecule has 1 N–H and O–H groups in total. The second-order valence-corrected chi connectivity index (χ2v) is 7.37. The summed E-state index contributed by atoms with van der Waals surface area (Å²) in [6.45, 7) is 7.83. The van der Waals surface area contributed by atoms with Crippen molar-refractivity contribution in [2.75, 3.05) is 18.0 Å². The van der Waals surface area contributed by atoms with Gasteiger partial charge in [-0.05, 0) is 44.4 Å². The first-order valence-corrected chi connectivity index (χ1v) is 9.91. The van der Waals surface area contributed by atoms with Crippen LogP contribution in [-0.4, -0.2) is 35.8 Å². The molecule has 1 fully saturated rings. The van der Waals surface area contributed by atoms with Crippen LogP contribution in [0.2, 0.25) is 0 Å². The molecule has 1 unspecified atom stereocenters. The van der Waals surface area contributed by atoms with Crippen molar-refractivity contribution in [1.29, 1.82) is 0 Å². The van der Waals surface area contributed by atoms with Crippen LogP contribution in [0.15, 0.2) is 48.5 Å². The summed E-state index contributed by atoms with van der Waals surface area (Å²) >= 11 is 0.